The second-order valence-electron chi connectivity index (χ2n) is 7.44. The molecule has 8 nitrogen and oxygen atoms in total. The summed E-state index contributed by atoms with van der Waals surface area (Å²) >= 11 is 1.64. The lowest BCUT2D eigenvalue weighted by Gasteiger charge is -2.13. The third-order valence-electron chi connectivity index (χ3n) is 4.22. The first-order valence-electron chi connectivity index (χ1n) is 9.80. The van der Waals surface area contributed by atoms with Gasteiger partial charge in [-0.1, -0.05) is 44.6 Å². The second kappa shape index (κ2) is 13.1. The Labute approximate surface area is 195 Å². The molecular weight excluding hydrogens is 501 g/mol. The smallest absolute Gasteiger partial charge is 0.191 e. The number of rotatable bonds is 10. The predicted octanol–water partition coefficient (Wildman–Crippen LogP) is 3.68. The summed E-state index contributed by atoms with van der Waals surface area (Å²) in [6, 6.07) is 1.98. The van der Waals surface area contributed by atoms with Crippen molar-refractivity contribution in [3.05, 3.63) is 23.3 Å². The summed E-state index contributed by atoms with van der Waals surface area (Å²) in [6.07, 6.45) is 3.87. The van der Waals surface area contributed by atoms with Crippen molar-refractivity contribution < 1.29 is 4.52 Å². The van der Waals surface area contributed by atoms with E-state index in [0.717, 1.165) is 54.3 Å². The van der Waals surface area contributed by atoms with Gasteiger partial charge in [-0.15, -0.1) is 34.2 Å². The number of thioether (sulfide) groups is 1. The van der Waals surface area contributed by atoms with Crippen molar-refractivity contribution in [3.8, 4) is 0 Å². The Bertz CT molecular complexity index is 758. The average molecular weight is 536 g/mol. The summed E-state index contributed by atoms with van der Waals surface area (Å²) in [5.41, 5.74) is 0.967. The van der Waals surface area contributed by atoms with Crippen LogP contribution in [0.3, 0.4) is 0 Å². The summed E-state index contributed by atoms with van der Waals surface area (Å²) in [4.78, 5) is 4.26. The quantitative estimate of drug-likeness (QED) is 0.158. The molecule has 0 bridgehead atoms. The molecule has 0 unspecified atom stereocenters. The zero-order chi connectivity index (χ0) is 20.5. The molecule has 0 saturated carbocycles. The molecule has 0 aliphatic rings. The largest absolute Gasteiger partial charge is 0.359 e. The maximum atomic E-state index is 5.35. The molecule has 0 fully saturated rings. The van der Waals surface area contributed by atoms with Crippen LogP contribution in [0.5, 0.6) is 0 Å². The highest BCUT2D eigenvalue weighted by Crippen LogP contribution is 2.17. The molecule has 29 heavy (non-hydrogen) atoms. The minimum absolute atomic E-state index is 0. The normalized spacial score (nSPS) is 11.8. The average Bonchev–Trinajstić information content (AvgIpc) is 3.28. The van der Waals surface area contributed by atoms with Gasteiger partial charge in [0, 0.05) is 32.6 Å². The Morgan fingerprint density at radius 3 is 2.59 bits per heavy atom. The Kier molecular flexibility index (Phi) is 11.6. The van der Waals surface area contributed by atoms with Crippen molar-refractivity contribution in [1.29, 1.82) is 0 Å². The van der Waals surface area contributed by atoms with Gasteiger partial charge in [0.25, 0.3) is 0 Å². The minimum atomic E-state index is 0. The van der Waals surface area contributed by atoms with Crippen LogP contribution in [0.25, 0.3) is 0 Å². The monoisotopic (exact) mass is 535 g/mol. The van der Waals surface area contributed by atoms with Crippen molar-refractivity contribution in [2.45, 2.75) is 64.7 Å². The van der Waals surface area contributed by atoms with E-state index < -0.39 is 0 Å². The molecule has 2 heterocycles. The Morgan fingerprint density at radius 2 is 2.00 bits per heavy atom. The molecule has 0 saturated heterocycles. The van der Waals surface area contributed by atoms with Gasteiger partial charge in [-0.2, -0.15) is 0 Å². The summed E-state index contributed by atoms with van der Waals surface area (Å²) in [6.45, 7) is 10.9. The standard InChI is InChI=1S/C19H33N7OS.HI/c1-13(2)12-26-17(23-24-19(26)28-6)8-7-9-21-18(20-5)22-11-15-10-16(14(3)4)25-27-15;/h10,13-14H,7-9,11-12H2,1-6H3,(H2,20,21,22);1H. The van der Waals surface area contributed by atoms with Gasteiger partial charge in [0.1, 0.15) is 5.82 Å². The summed E-state index contributed by atoms with van der Waals surface area (Å²) in [5.74, 6) is 3.52. The van der Waals surface area contributed by atoms with Crippen LogP contribution in [0.2, 0.25) is 0 Å². The van der Waals surface area contributed by atoms with Crippen LogP contribution < -0.4 is 10.6 Å². The molecule has 0 aromatic carbocycles. The van der Waals surface area contributed by atoms with E-state index in [0.29, 0.717) is 18.4 Å². The van der Waals surface area contributed by atoms with E-state index in [1.54, 1.807) is 18.8 Å². The number of hydrogen-bond acceptors (Lipinski definition) is 6. The van der Waals surface area contributed by atoms with E-state index in [1.807, 2.05) is 12.3 Å². The van der Waals surface area contributed by atoms with Gasteiger partial charge in [0.2, 0.25) is 0 Å². The molecule has 2 rings (SSSR count). The van der Waals surface area contributed by atoms with E-state index >= 15 is 0 Å². The molecule has 0 spiro atoms. The van der Waals surface area contributed by atoms with Gasteiger partial charge >= 0.3 is 0 Å². The summed E-state index contributed by atoms with van der Waals surface area (Å²) < 4.78 is 7.58. The molecule has 0 radical (unpaired) electrons. The lowest BCUT2D eigenvalue weighted by molar-refractivity contribution is 0.372. The highest BCUT2D eigenvalue weighted by atomic mass is 127. The molecule has 10 heteroatoms. The van der Waals surface area contributed by atoms with Gasteiger partial charge in [0.15, 0.2) is 16.9 Å². The van der Waals surface area contributed by atoms with Gasteiger partial charge < -0.3 is 19.7 Å². The molecule has 0 amide bonds. The fourth-order valence-electron chi connectivity index (χ4n) is 2.73. The van der Waals surface area contributed by atoms with Crippen molar-refractivity contribution in [3.63, 3.8) is 0 Å². The first-order chi connectivity index (χ1) is 13.4. The van der Waals surface area contributed by atoms with Crippen molar-refractivity contribution in [1.82, 2.24) is 30.6 Å². The first kappa shape index (κ1) is 25.7. The van der Waals surface area contributed by atoms with E-state index in [1.165, 1.54) is 0 Å². The van der Waals surface area contributed by atoms with Gasteiger partial charge in [-0.05, 0) is 24.5 Å². The predicted molar refractivity (Wildman–Crippen MR) is 129 cm³/mol. The highest BCUT2D eigenvalue weighted by molar-refractivity contribution is 14.0. The third-order valence-corrected chi connectivity index (χ3v) is 4.88. The molecule has 2 aromatic rings. The molecule has 0 aliphatic carbocycles. The fourth-order valence-corrected chi connectivity index (χ4v) is 3.26. The van der Waals surface area contributed by atoms with Crippen molar-refractivity contribution in [2.75, 3.05) is 19.8 Å². The van der Waals surface area contributed by atoms with E-state index in [4.69, 9.17) is 4.52 Å². The van der Waals surface area contributed by atoms with Crippen LogP contribution in [-0.4, -0.2) is 45.7 Å². The molecule has 2 N–H and O–H groups in total. The summed E-state index contributed by atoms with van der Waals surface area (Å²) in [7, 11) is 1.76. The van der Waals surface area contributed by atoms with Crippen LogP contribution in [-0.2, 0) is 19.5 Å². The highest BCUT2D eigenvalue weighted by Gasteiger charge is 2.12. The number of aromatic nitrogens is 4. The molecule has 164 valence electrons. The number of aryl methyl sites for hydroxylation is 1. The topological polar surface area (TPSA) is 93.2 Å². The number of aliphatic imine (C=N–C) groups is 1. The first-order valence-corrected chi connectivity index (χ1v) is 11.0. The maximum absolute atomic E-state index is 5.35. The second-order valence-corrected chi connectivity index (χ2v) is 8.21. The van der Waals surface area contributed by atoms with Crippen LogP contribution in [0.15, 0.2) is 20.7 Å². The van der Waals surface area contributed by atoms with Gasteiger partial charge in [0.05, 0.1) is 12.2 Å². The lowest BCUT2D eigenvalue weighted by atomic mass is 10.1. The SMILES string of the molecule is CN=C(NCCCc1nnc(SC)n1CC(C)C)NCc1cc(C(C)C)no1.I. The van der Waals surface area contributed by atoms with Crippen LogP contribution in [0.4, 0.5) is 0 Å². The maximum Gasteiger partial charge on any atom is 0.191 e. The van der Waals surface area contributed by atoms with Gasteiger partial charge in [-0.25, -0.2) is 0 Å². The van der Waals surface area contributed by atoms with Crippen LogP contribution in [0.1, 0.15) is 57.3 Å². The van der Waals surface area contributed by atoms with Crippen LogP contribution >= 0.6 is 35.7 Å². The fraction of sp³-hybridized carbons (Fsp3) is 0.684. The Hall–Kier alpha value is -1.30. The summed E-state index contributed by atoms with van der Waals surface area (Å²) in [5, 5.41) is 20.3. The van der Waals surface area contributed by atoms with Crippen molar-refractivity contribution in [2.24, 2.45) is 10.9 Å². The molecule has 0 atom stereocenters. The number of hydrogen-bond donors (Lipinski definition) is 2. The van der Waals surface area contributed by atoms with Crippen LogP contribution in [0, 0.1) is 5.92 Å². The Morgan fingerprint density at radius 1 is 1.24 bits per heavy atom. The van der Waals surface area contributed by atoms with E-state index in [9.17, 15) is 0 Å². The lowest BCUT2D eigenvalue weighted by Crippen LogP contribution is -2.37. The zero-order valence-electron chi connectivity index (χ0n) is 18.2. The Balaban J connectivity index is 0.00000420. The minimum Gasteiger partial charge on any atom is -0.359 e. The molecular formula is C19H34IN7OS. The number of halogens is 1. The molecule has 0 aliphatic heterocycles. The molecule has 2 aromatic heterocycles. The zero-order valence-corrected chi connectivity index (χ0v) is 21.4. The van der Waals surface area contributed by atoms with E-state index in [-0.39, 0.29) is 24.0 Å². The number of nitrogens with zero attached hydrogens (tertiary/aromatic N) is 5. The number of guanidine groups is 1. The number of nitrogens with one attached hydrogen (secondary N) is 2. The van der Waals surface area contributed by atoms with Gasteiger partial charge in [-0.3, -0.25) is 4.99 Å². The van der Waals surface area contributed by atoms with E-state index in [2.05, 4.69) is 63.2 Å². The third kappa shape index (κ3) is 8.15. The van der Waals surface area contributed by atoms with Crippen molar-refractivity contribution >= 4 is 41.7 Å².